The minimum Gasteiger partial charge on any atom is -0.347 e. The van der Waals surface area contributed by atoms with Crippen LogP contribution in [0.4, 0.5) is 4.79 Å². The SMILES string of the molecule is C[C@@H]1CCCC[C@@H]1NC(=O)NCCCn1ccc2ccccc21. The van der Waals surface area contributed by atoms with Gasteiger partial charge in [0.25, 0.3) is 0 Å². The third kappa shape index (κ3) is 4.06. The van der Waals surface area contributed by atoms with Gasteiger partial charge < -0.3 is 15.2 Å². The first-order chi connectivity index (χ1) is 11.2. The molecule has 1 fully saturated rings. The Morgan fingerprint density at radius 2 is 2.04 bits per heavy atom. The van der Waals surface area contributed by atoms with Gasteiger partial charge in [-0.2, -0.15) is 0 Å². The number of fused-ring (bicyclic) bond motifs is 1. The van der Waals surface area contributed by atoms with Gasteiger partial charge in [0.05, 0.1) is 0 Å². The van der Waals surface area contributed by atoms with E-state index in [2.05, 4.69) is 58.7 Å². The van der Waals surface area contributed by atoms with Crippen LogP contribution >= 0.6 is 0 Å². The molecule has 1 aromatic heterocycles. The van der Waals surface area contributed by atoms with E-state index in [-0.39, 0.29) is 6.03 Å². The molecule has 1 saturated carbocycles. The van der Waals surface area contributed by atoms with Crippen LogP contribution in [0.1, 0.15) is 39.0 Å². The molecule has 3 rings (SSSR count). The lowest BCUT2D eigenvalue weighted by Crippen LogP contribution is -2.46. The van der Waals surface area contributed by atoms with E-state index < -0.39 is 0 Å². The Morgan fingerprint density at radius 3 is 2.91 bits per heavy atom. The van der Waals surface area contributed by atoms with Gasteiger partial charge in [-0.05, 0) is 42.7 Å². The van der Waals surface area contributed by atoms with E-state index >= 15 is 0 Å². The lowest BCUT2D eigenvalue weighted by molar-refractivity contribution is 0.221. The van der Waals surface area contributed by atoms with Gasteiger partial charge in [-0.1, -0.05) is 38.0 Å². The molecule has 2 N–H and O–H groups in total. The molecule has 0 aliphatic heterocycles. The lowest BCUT2D eigenvalue weighted by atomic mass is 9.86. The fourth-order valence-electron chi connectivity index (χ4n) is 3.54. The molecule has 2 aromatic rings. The number of nitrogens with one attached hydrogen (secondary N) is 2. The number of para-hydroxylation sites is 1. The highest BCUT2D eigenvalue weighted by atomic mass is 16.2. The van der Waals surface area contributed by atoms with Gasteiger partial charge in [-0.15, -0.1) is 0 Å². The molecule has 4 heteroatoms. The summed E-state index contributed by atoms with van der Waals surface area (Å²) in [4.78, 5) is 12.0. The van der Waals surface area contributed by atoms with Crippen molar-refractivity contribution in [2.45, 2.75) is 51.6 Å². The minimum absolute atomic E-state index is 0.0129. The van der Waals surface area contributed by atoms with Crippen molar-refractivity contribution in [3.63, 3.8) is 0 Å². The number of urea groups is 1. The van der Waals surface area contributed by atoms with E-state index in [1.54, 1.807) is 0 Å². The van der Waals surface area contributed by atoms with Crippen molar-refractivity contribution in [3.05, 3.63) is 36.5 Å². The largest absolute Gasteiger partial charge is 0.347 e. The number of carbonyl (C=O) groups excluding carboxylic acids is 1. The Labute approximate surface area is 138 Å². The number of benzene rings is 1. The first kappa shape index (κ1) is 15.9. The van der Waals surface area contributed by atoms with Crippen molar-refractivity contribution in [2.24, 2.45) is 5.92 Å². The number of hydrogen-bond donors (Lipinski definition) is 2. The van der Waals surface area contributed by atoms with Crippen molar-refractivity contribution in [1.82, 2.24) is 15.2 Å². The number of amides is 2. The van der Waals surface area contributed by atoms with Crippen molar-refractivity contribution in [2.75, 3.05) is 6.54 Å². The third-order valence-electron chi connectivity index (χ3n) is 4.97. The molecule has 0 radical (unpaired) electrons. The number of aromatic nitrogens is 1. The number of rotatable bonds is 5. The minimum atomic E-state index is -0.0129. The highest BCUT2D eigenvalue weighted by Gasteiger charge is 2.22. The monoisotopic (exact) mass is 313 g/mol. The van der Waals surface area contributed by atoms with Crippen LogP contribution in [-0.4, -0.2) is 23.2 Å². The molecule has 2 atom stereocenters. The quantitative estimate of drug-likeness (QED) is 0.808. The molecule has 23 heavy (non-hydrogen) atoms. The molecular formula is C19H27N3O. The van der Waals surface area contributed by atoms with Gasteiger partial charge >= 0.3 is 6.03 Å². The molecule has 0 unspecified atom stereocenters. The Morgan fingerprint density at radius 1 is 1.22 bits per heavy atom. The second-order valence-electron chi connectivity index (χ2n) is 6.69. The van der Waals surface area contributed by atoms with Gasteiger partial charge in [0.15, 0.2) is 0 Å². The van der Waals surface area contributed by atoms with Gasteiger partial charge in [-0.3, -0.25) is 0 Å². The Kier molecular flexibility index (Phi) is 5.21. The molecule has 1 heterocycles. The first-order valence-electron chi connectivity index (χ1n) is 8.82. The maximum absolute atomic E-state index is 12.0. The van der Waals surface area contributed by atoms with Gasteiger partial charge in [0.1, 0.15) is 0 Å². The fraction of sp³-hybridized carbons (Fsp3) is 0.526. The first-order valence-corrected chi connectivity index (χ1v) is 8.82. The fourth-order valence-corrected chi connectivity index (χ4v) is 3.54. The molecule has 2 amide bonds. The molecule has 124 valence electrons. The third-order valence-corrected chi connectivity index (χ3v) is 4.97. The molecule has 4 nitrogen and oxygen atoms in total. The van der Waals surface area contributed by atoms with Crippen LogP contribution in [0.3, 0.4) is 0 Å². The molecule has 0 spiro atoms. The Balaban J connectivity index is 1.40. The zero-order chi connectivity index (χ0) is 16.1. The van der Waals surface area contributed by atoms with Crippen LogP contribution in [0.15, 0.2) is 36.5 Å². The van der Waals surface area contributed by atoms with E-state index in [4.69, 9.17) is 0 Å². The maximum Gasteiger partial charge on any atom is 0.315 e. The van der Waals surface area contributed by atoms with Crippen molar-refractivity contribution >= 4 is 16.9 Å². The summed E-state index contributed by atoms with van der Waals surface area (Å²) < 4.78 is 2.25. The Hall–Kier alpha value is -1.97. The molecule has 1 aromatic carbocycles. The average molecular weight is 313 g/mol. The molecule has 1 aliphatic carbocycles. The van der Waals surface area contributed by atoms with Crippen LogP contribution in [0, 0.1) is 5.92 Å². The summed E-state index contributed by atoms with van der Waals surface area (Å²) in [7, 11) is 0. The summed E-state index contributed by atoms with van der Waals surface area (Å²) >= 11 is 0. The van der Waals surface area contributed by atoms with Crippen LogP contribution in [-0.2, 0) is 6.54 Å². The van der Waals surface area contributed by atoms with E-state index in [1.807, 2.05) is 0 Å². The summed E-state index contributed by atoms with van der Waals surface area (Å²) in [6, 6.07) is 10.9. The number of nitrogens with zero attached hydrogens (tertiary/aromatic N) is 1. The summed E-state index contributed by atoms with van der Waals surface area (Å²) in [5, 5.41) is 7.40. The van der Waals surface area contributed by atoms with Crippen LogP contribution in [0.5, 0.6) is 0 Å². The molecular weight excluding hydrogens is 286 g/mol. The molecule has 0 bridgehead atoms. The normalized spacial score (nSPS) is 21.3. The Bertz CT molecular complexity index is 649. The van der Waals surface area contributed by atoms with Crippen molar-refractivity contribution in [1.29, 1.82) is 0 Å². The van der Waals surface area contributed by atoms with Crippen molar-refractivity contribution in [3.8, 4) is 0 Å². The van der Waals surface area contributed by atoms with Crippen LogP contribution in [0.25, 0.3) is 10.9 Å². The van der Waals surface area contributed by atoms with Gasteiger partial charge in [0.2, 0.25) is 0 Å². The predicted molar refractivity (Wildman–Crippen MR) is 94.5 cm³/mol. The zero-order valence-corrected chi connectivity index (χ0v) is 13.9. The van der Waals surface area contributed by atoms with E-state index in [1.165, 1.54) is 30.2 Å². The summed E-state index contributed by atoms with van der Waals surface area (Å²) in [5.41, 5.74) is 1.26. The predicted octanol–water partition coefficient (Wildman–Crippen LogP) is 3.91. The van der Waals surface area contributed by atoms with E-state index in [0.717, 1.165) is 19.4 Å². The van der Waals surface area contributed by atoms with Gasteiger partial charge in [0, 0.05) is 30.8 Å². The van der Waals surface area contributed by atoms with E-state index in [9.17, 15) is 4.79 Å². The topological polar surface area (TPSA) is 46.1 Å². The van der Waals surface area contributed by atoms with Gasteiger partial charge in [-0.25, -0.2) is 4.79 Å². The second-order valence-corrected chi connectivity index (χ2v) is 6.69. The lowest BCUT2D eigenvalue weighted by Gasteiger charge is -2.29. The average Bonchev–Trinajstić information content (AvgIpc) is 2.97. The highest BCUT2D eigenvalue weighted by Crippen LogP contribution is 2.23. The number of aryl methyl sites for hydroxylation is 1. The smallest absolute Gasteiger partial charge is 0.315 e. The van der Waals surface area contributed by atoms with Crippen LogP contribution < -0.4 is 10.6 Å². The highest BCUT2D eigenvalue weighted by molar-refractivity contribution is 5.79. The standard InChI is InChI=1S/C19H27N3O/c1-15-7-2-4-9-17(15)21-19(23)20-12-6-13-22-14-11-16-8-3-5-10-18(16)22/h3,5,8,10-11,14-15,17H,2,4,6-7,9,12-13H2,1H3,(H2,20,21,23)/t15-,17+/m1/s1. The zero-order valence-electron chi connectivity index (χ0n) is 13.9. The second kappa shape index (κ2) is 7.53. The number of hydrogen-bond acceptors (Lipinski definition) is 1. The maximum atomic E-state index is 12.0. The summed E-state index contributed by atoms with van der Waals surface area (Å²) in [5.74, 6) is 0.598. The summed E-state index contributed by atoms with van der Waals surface area (Å²) in [6.07, 6.45) is 7.93. The molecule has 0 saturated heterocycles. The summed E-state index contributed by atoms with van der Waals surface area (Å²) in [6.45, 7) is 3.87. The van der Waals surface area contributed by atoms with Crippen LogP contribution in [0.2, 0.25) is 0 Å². The van der Waals surface area contributed by atoms with Crippen molar-refractivity contribution < 1.29 is 4.79 Å². The number of carbonyl (C=O) groups is 1. The molecule has 1 aliphatic rings. The van der Waals surface area contributed by atoms with E-state index in [0.29, 0.717) is 18.5 Å².